The van der Waals surface area contributed by atoms with Crippen LogP contribution < -0.4 is 9.79 Å². The quantitative estimate of drug-likeness (QED) is 0.212. The smallest absolute Gasteiger partial charge is 0.184 e. The molecule has 0 heterocycles. The highest BCUT2D eigenvalue weighted by Gasteiger charge is 1.92. The van der Waals surface area contributed by atoms with Crippen LogP contribution in [0.4, 0.5) is 0 Å². The molecule has 0 N–H and O–H groups in total. The van der Waals surface area contributed by atoms with Gasteiger partial charge in [0.25, 0.3) is 0 Å². The highest BCUT2D eigenvalue weighted by molar-refractivity contribution is 7.43. The molecule has 0 aliphatic rings. The average Bonchev–Trinajstić information content (AvgIpc) is 1.62. The first kappa shape index (κ1) is 8.36. The van der Waals surface area contributed by atoms with Gasteiger partial charge in [-0.05, 0) is 0 Å². The van der Waals surface area contributed by atoms with Crippen LogP contribution in [0.25, 0.3) is 0 Å². The summed E-state index contributed by atoms with van der Waals surface area (Å²) in [4.78, 5) is 28.8. The summed E-state index contributed by atoms with van der Waals surface area (Å²) in [7, 11) is -5.07. The van der Waals surface area contributed by atoms with Crippen molar-refractivity contribution >= 4 is 14.1 Å². The molecule has 0 aromatic heterocycles. The Morgan fingerprint density at radius 1 is 1.67 bits per heavy atom. The van der Waals surface area contributed by atoms with Crippen molar-refractivity contribution in [2.75, 3.05) is 0 Å². The van der Waals surface area contributed by atoms with E-state index in [0.29, 0.717) is 0 Å². The monoisotopic (exact) mass is 150 g/mol. The van der Waals surface area contributed by atoms with Crippen LogP contribution in [0.3, 0.4) is 0 Å². The number of phosphoric acid groups is 1. The lowest BCUT2D eigenvalue weighted by molar-refractivity contribution is -0.338. The number of carbonyl (C=O) groups is 1. The first-order chi connectivity index (χ1) is 3.95. The van der Waals surface area contributed by atoms with Crippen molar-refractivity contribution in [3.05, 3.63) is 12.3 Å². The SMILES string of the molecule is C=C(C=O)OP(=O)([O-])[O-]. The van der Waals surface area contributed by atoms with E-state index in [9.17, 15) is 19.1 Å². The van der Waals surface area contributed by atoms with Gasteiger partial charge in [-0.25, -0.2) is 0 Å². The summed E-state index contributed by atoms with van der Waals surface area (Å²) in [5.74, 6) is -0.705. The Morgan fingerprint density at radius 2 is 2.11 bits per heavy atom. The van der Waals surface area contributed by atoms with Crippen molar-refractivity contribution in [3.63, 3.8) is 0 Å². The zero-order valence-electron chi connectivity index (χ0n) is 4.27. The van der Waals surface area contributed by atoms with Crippen LogP contribution in [0.2, 0.25) is 0 Å². The van der Waals surface area contributed by atoms with Crippen molar-refractivity contribution in [3.8, 4) is 0 Å². The van der Waals surface area contributed by atoms with Crippen LogP contribution in [0.1, 0.15) is 0 Å². The molecule has 0 aliphatic heterocycles. The van der Waals surface area contributed by atoms with Crippen molar-refractivity contribution in [2.45, 2.75) is 0 Å². The summed E-state index contributed by atoms with van der Waals surface area (Å²) in [5, 5.41) is 0. The molecule has 0 aromatic carbocycles. The van der Waals surface area contributed by atoms with E-state index >= 15 is 0 Å². The molecule has 0 fully saturated rings. The minimum absolute atomic E-state index is 0.0302. The molecule has 0 saturated heterocycles. The zero-order chi connectivity index (χ0) is 7.49. The number of aldehydes is 1. The topological polar surface area (TPSA) is 89.5 Å². The summed E-state index contributed by atoms with van der Waals surface area (Å²) < 4.78 is 13.1. The summed E-state index contributed by atoms with van der Waals surface area (Å²) >= 11 is 0. The van der Waals surface area contributed by atoms with Crippen LogP contribution in [0.15, 0.2) is 12.3 Å². The Labute approximate surface area is 51.2 Å². The highest BCUT2D eigenvalue weighted by Crippen LogP contribution is 2.26. The number of hydrogen-bond acceptors (Lipinski definition) is 5. The summed E-state index contributed by atoms with van der Waals surface area (Å²) in [5.41, 5.74) is 0. The molecule has 5 nitrogen and oxygen atoms in total. The van der Waals surface area contributed by atoms with Crippen LogP contribution in [0.5, 0.6) is 0 Å². The predicted octanol–water partition coefficient (Wildman–Crippen LogP) is -1.46. The van der Waals surface area contributed by atoms with Crippen LogP contribution in [-0.4, -0.2) is 6.29 Å². The summed E-state index contributed by atoms with van der Waals surface area (Å²) in [6.45, 7) is 2.80. The van der Waals surface area contributed by atoms with Gasteiger partial charge < -0.3 is 18.9 Å². The maximum atomic E-state index is 9.63. The maximum absolute atomic E-state index is 9.63. The Morgan fingerprint density at radius 3 is 2.22 bits per heavy atom. The number of hydrogen-bond donors (Lipinski definition) is 0. The van der Waals surface area contributed by atoms with Crippen molar-refractivity contribution in [2.24, 2.45) is 0 Å². The molecular weight excluding hydrogens is 147 g/mol. The Bertz CT molecular complexity index is 167. The molecule has 9 heavy (non-hydrogen) atoms. The van der Waals surface area contributed by atoms with Gasteiger partial charge in [0.2, 0.25) is 0 Å². The molecular formula is C3H3O5P-2. The van der Waals surface area contributed by atoms with Crippen LogP contribution >= 0.6 is 7.82 Å². The molecule has 0 unspecified atom stereocenters. The number of carbonyl (C=O) groups excluding carboxylic acids is 1. The largest absolute Gasteiger partial charge is 0.780 e. The average molecular weight is 150 g/mol. The van der Waals surface area contributed by atoms with Gasteiger partial charge in [0, 0.05) is 0 Å². The summed E-state index contributed by atoms with van der Waals surface area (Å²) in [6, 6.07) is 0. The normalized spacial score (nSPS) is 10.4. The summed E-state index contributed by atoms with van der Waals surface area (Å²) in [6.07, 6.45) is 0.0302. The van der Waals surface area contributed by atoms with E-state index in [1.54, 1.807) is 0 Å². The van der Waals surface area contributed by atoms with Crippen molar-refractivity contribution in [1.82, 2.24) is 0 Å². The van der Waals surface area contributed by atoms with Crippen molar-refractivity contribution in [1.29, 1.82) is 0 Å². The second-order valence-electron chi connectivity index (χ2n) is 1.12. The van der Waals surface area contributed by atoms with E-state index in [2.05, 4.69) is 11.1 Å². The number of allylic oxidation sites excluding steroid dienone is 1. The van der Waals surface area contributed by atoms with Gasteiger partial charge >= 0.3 is 0 Å². The zero-order valence-corrected chi connectivity index (χ0v) is 5.17. The standard InChI is InChI=1S/C3H5O5P/c1-3(2-4)8-9(5,6)7/h2H,1H2,(H2,5,6,7)/p-2. The molecule has 6 heteroatoms. The van der Waals surface area contributed by atoms with E-state index in [4.69, 9.17) is 0 Å². The Hall–Kier alpha value is -0.640. The molecule has 0 aromatic rings. The second kappa shape index (κ2) is 2.77. The third-order valence-electron chi connectivity index (χ3n) is 0.361. The van der Waals surface area contributed by atoms with E-state index < -0.39 is 13.6 Å². The van der Waals surface area contributed by atoms with E-state index in [-0.39, 0.29) is 6.29 Å². The predicted molar refractivity (Wildman–Crippen MR) is 23.9 cm³/mol. The number of rotatable bonds is 3. The lowest BCUT2D eigenvalue weighted by Crippen LogP contribution is -2.16. The van der Waals surface area contributed by atoms with Gasteiger partial charge in [0.1, 0.15) is 7.82 Å². The molecule has 0 atom stereocenters. The Balaban J connectivity index is 3.89. The van der Waals surface area contributed by atoms with E-state index in [1.807, 2.05) is 0 Å². The van der Waals surface area contributed by atoms with Gasteiger partial charge in [-0.3, -0.25) is 4.79 Å². The van der Waals surface area contributed by atoms with E-state index in [0.717, 1.165) is 0 Å². The van der Waals surface area contributed by atoms with Gasteiger partial charge in [-0.2, -0.15) is 0 Å². The molecule has 0 spiro atoms. The van der Waals surface area contributed by atoms with Gasteiger partial charge in [-0.15, -0.1) is 0 Å². The molecule has 0 radical (unpaired) electrons. The van der Waals surface area contributed by atoms with Gasteiger partial charge in [-0.1, -0.05) is 6.58 Å². The second-order valence-corrected chi connectivity index (χ2v) is 2.20. The lowest BCUT2D eigenvalue weighted by atomic mass is 10.7. The van der Waals surface area contributed by atoms with Crippen molar-refractivity contribution < 1.29 is 23.7 Å². The van der Waals surface area contributed by atoms with Gasteiger partial charge in [0.15, 0.2) is 12.0 Å². The lowest BCUT2D eigenvalue weighted by Gasteiger charge is -2.28. The first-order valence-electron chi connectivity index (χ1n) is 1.81. The van der Waals surface area contributed by atoms with Crippen LogP contribution in [-0.2, 0) is 13.9 Å². The molecule has 0 bridgehead atoms. The molecule has 0 aliphatic carbocycles. The Kier molecular flexibility index (Phi) is 2.58. The number of phosphoric ester groups is 1. The third kappa shape index (κ3) is 5.23. The van der Waals surface area contributed by atoms with Crippen LogP contribution in [0, 0.1) is 0 Å². The molecule has 0 amide bonds. The van der Waals surface area contributed by atoms with E-state index in [1.165, 1.54) is 0 Å². The molecule has 52 valence electrons. The fourth-order valence-corrected chi connectivity index (χ4v) is 0.495. The third-order valence-corrected chi connectivity index (χ3v) is 0.819. The fourth-order valence-electron chi connectivity index (χ4n) is 0.165. The molecule has 0 saturated carbocycles. The molecule has 0 rings (SSSR count). The minimum atomic E-state index is -5.07. The minimum Gasteiger partial charge on any atom is -0.780 e. The first-order valence-corrected chi connectivity index (χ1v) is 3.27. The fraction of sp³-hybridized carbons (Fsp3) is 0. The highest BCUT2D eigenvalue weighted by atomic mass is 31.2. The maximum Gasteiger partial charge on any atom is 0.184 e. The van der Waals surface area contributed by atoms with Gasteiger partial charge in [0.05, 0.1) is 0 Å².